The molecule has 4 heteroatoms. The Kier molecular flexibility index (Phi) is 4.08. The van der Waals surface area contributed by atoms with Gasteiger partial charge < -0.3 is 10.4 Å². The van der Waals surface area contributed by atoms with E-state index in [0.29, 0.717) is 17.5 Å². The molecule has 1 saturated carbocycles. The molecule has 3 unspecified atom stereocenters. The van der Waals surface area contributed by atoms with Crippen LogP contribution in [0.25, 0.3) is 0 Å². The molecule has 0 amide bonds. The number of benzene rings is 1. The van der Waals surface area contributed by atoms with Crippen LogP contribution in [0.15, 0.2) is 18.2 Å². The molecule has 0 radical (unpaired) electrons. The number of carbonyl (C=O) groups is 1. The Morgan fingerprint density at radius 3 is 2.68 bits per heavy atom. The van der Waals surface area contributed by atoms with Crippen LogP contribution in [-0.4, -0.2) is 17.1 Å². The molecule has 1 aliphatic rings. The number of anilines is 1. The second kappa shape index (κ2) is 5.59. The second-order valence-corrected chi connectivity index (χ2v) is 5.61. The Morgan fingerprint density at radius 1 is 1.32 bits per heavy atom. The van der Waals surface area contributed by atoms with E-state index in [2.05, 4.69) is 19.2 Å². The van der Waals surface area contributed by atoms with Crippen LogP contribution < -0.4 is 5.32 Å². The van der Waals surface area contributed by atoms with Gasteiger partial charge in [-0.05, 0) is 49.3 Å². The summed E-state index contributed by atoms with van der Waals surface area (Å²) in [6, 6.07) is 4.10. The maximum absolute atomic E-state index is 13.7. The van der Waals surface area contributed by atoms with Crippen LogP contribution in [0, 0.1) is 17.7 Å². The van der Waals surface area contributed by atoms with Crippen molar-refractivity contribution in [2.24, 2.45) is 11.8 Å². The highest BCUT2D eigenvalue weighted by Crippen LogP contribution is 2.31. The first-order valence-corrected chi connectivity index (χ1v) is 6.76. The largest absolute Gasteiger partial charge is 0.478 e. The van der Waals surface area contributed by atoms with Gasteiger partial charge in [-0.2, -0.15) is 0 Å². The van der Waals surface area contributed by atoms with Gasteiger partial charge in [-0.15, -0.1) is 0 Å². The van der Waals surface area contributed by atoms with Gasteiger partial charge in [-0.3, -0.25) is 0 Å². The van der Waals surface area contributed by atoms with Gasteiger partial charge in [0.15, 0.2) is 0 Å². The molecule has 0 aliphatic heterocycles. The Hall–Kier alpha value is -1.58. The van der Waals surface area contributed by atoms with Crippen molar-refractivity contribution in [3.8, 4) is 0 Å². The fourth-order valence-electron chi connectivity index (χ4n) is 2.67. The van der Waals surface area contributed by atoms with E-state index >= 15 is 0 Å². The molecule has 0 bridgehead atoms. The van der Waals surface area contributed by atoms with E-state index in [1.807, 2.05) is 0 Å². The second-order valence-electron chi connectivity index (χ2n) is 5.61. The molecule has 1 aromatic carbocycles. The number of nitrogens with one attached hydrogen (secondary N) is 1. The van der Waals surface area contributed by atoms with Crippen molar-refractivity contribution in [2.45, 2.75) is 39.2 Å². The zero-order valence-electron chi connectivity index (χ0n) is 11.3. The molecule has 2 N–H and O–H groups in total. The topological polar surface area (TPSA) is 49.3 Å². The summed E-state index contributed by atoms with van der Waals surface area (Å²) < 4.78 is 13.7. The number of aromatic carboxylic acids is 1. The highest BCUT2D eigenvalue weighted by molar-refractivity contribution is 5.88. The fourth-order valence-corrected chi connectivity index (χ4v) is 2.67. The Morgan fingerprint density at radius 2 is 2.05 bits per heavy atom. The first-order chi connectivity index (χ1) is 8.97. The molecule has 3 nitrogen and oxygen atoms in total. The van der Waals surface area contributed by atoms with Crippen LogP contribution in [0.5, 0.6) is 0 Å². The summed E-state index contributed by atoms with van der Waals surface area (Å²) in [4.78, 5) is 10.9. The fraction of sp³-hybridized carbons (Fsp3) is 0.533. The van der Waals surface area contributed by atoms with Crippen LogP contribution in [0.4, 0.5) is 10.1 Å². The molecule has 3 atom stereocenters. The van der Waals surface area contributed by atoms with Gasteiger partial charge in [0.25, 0.3) is 0 Å². The van der Waals surface area contributed by atoms with Crippen LogP contribution in [-0.2, 0) is 0 Å². The maximum Gasteiger partial charge on any atom is 0.335 e. The van der Waals surface area contributed by atoms with Crippen LogP contribution in [0.2, 0.25) is 0 Å². The van der Waals surface area contributed by atoms with Crippen molar-refractivity contribution in [3.63, 3.8) is 0 Å². The van der Waals surface area contributed by atoms with E-state index in [9.17, 15) is 9.18 Å². The number of halogens is 1. The molecule has 1 fully saturated rings. The van der Waals surface area contributed by atoms with E-state index in [1.54, 1.807) is 0 Å². The predicted molar refractivity (Wildman–Crippen MR) is 72.9 cm³/mol. The van der Waals surface area contributed by atoms with E-state index < -0.39 is 11.8 Å². The Balaban J connectivity index is 2.10. The van der Waals surface area contributed by atoms with Gasteiger partial charge in [0.05, 0.1) is 11.3 Å². The van der Waals surface area contributed by atoms with Crippen molar-refractivity contribution >= 4 is 11.7 Å². The molecular formula is C15H20FNO2. The molecule has 0 spiro atoms. The maximum atomic E-state index is 13.7. The molecule has 19 heavy (non-hydrogen) atoms. The monoisotopic (exact) mass is 265 g/mol. The van der Waals surface area contributed by atoms with Gasteiger partial charge in [-0.25, -0.2) is 9.18 Å². The van der Waals surface area contributed by atoms with Crippen molar-refractivity contribution in [1.29, 1.82) is 0 Å². The molecule has 0 saturated heterocycles. The van der Waals surface area contributed by atoms with Crippen LogP contribution >= 0.6 is 0 Å². The molecule has 0 heterocycles. The lowest BCUT2D eigenvalue weighted by Gasteiger charge is -2.33. The smallest absolute Gasteiger partial charge is 0.335 e. The predicted octanol–water partition coefficient (Wildman–Crippen LogP) is 3.76. The number of hydrogen-bond donors (Lipinski definition) is 2. The molecular weight excluding hydrogens is 245 g/mol. The third-order valence-corrected chi connectivity index (χ3v) is 4.17. The van der Waals surface area contributed by atoms with Crippen molar-refractivity contribution in [2.75, 3.05) is 5.32 Å². The molecule has 1 aliphatic carbocycles. The van der Waals surface area contributed by atoms with Gasteiger partial charge >= 0.3 is 5.97 Å². The summed E-state index contributed by atoms with van der Waals surface area (Å²) in [5, 5.41) is 12.1. The minimum Gasteiger partial charge on any atom is -0.478 e. The van der Waals surface area contributed by atoms with E-state index in [1.165, 1.54) is 18.2 Å². The summed E-state index contributed by atoms with van der Waals surface area (Å²) in [5.74, 6) is -0.116. The minimum absolute atomic E-state index is 0.112. The Bertz CT molecular complexity index is 475. The van der Waals surface area contributed by atoms with Crippen molar-refractivity contribution < 1.29 is 14.3 Å². The molecule has 2 rings (SSSR count). The third-order valence-electron chi connectivity index (χ3n) is 4.17. The first-order valence-electron chi connectivity index (χ1n) is 6.76. The van der Waals surface area contributed by atoms with Gasteiger partial charge in [0.1, 0.15) is 5.82 Å². The van der Waals surface area contributed by atoms with Gasteiger partial charge in [-0.1, -0.05) is 13.8 Å². The lowest BCUT2D eigenvalue weighted by molar-refractivity contribution is 0.0697. The van der Waals surface area contributed by atoms with Crippen LogP contribution in [0.3, 0.4) is 0 Å². The number of carboxylic acid groups (broad SMARTS) is 1. The summed E-state index contributed by atoms with van der Waals surface area (Å²) >= 11 is 0. The highest BCUT2D eigenvalue weighted by Gasteiger charge is 2.25. The zero-order chi connectivity index (χ0) is 14.0. The first kappa shape index (κ1) is 13.8. The average Bonchev–Trinajstić information content (AvgIpc) is 2.36. The molecule has 0 aromatic heterocycles. The zero-order valence-corrected chi connectivity index (χ0v) is 11.3. The van der Waals surface area contributed by atoms with Crippen molar-refractivity contribution in [3.05, 3.63) is 29.6 Å². The number of rotatable bonds is 3. The third kappa shape index (κ3) is 3.25. The van der Waals surface area contributed by atoms with Gasteiger partial charge in [0.2, 0.25) is 0 Å². The SMILES string of the molecule is CC1CCC(Nc2cc(C(=O)O)ccc2F)CC1C. The molecule has 1 aromatic rings. The lowest BCUT2D eigenvalue weighted by Crippen LogP contribution is -2.30. The van der Waals surface area contributed by atoms with Gasteiger partial charge in [0, 0.05) is 6.04 Å². The summed E-state index contributed by atoms with van der Waals surface area (Å²) in [7, 11) is 0. The average molecular weight is 265 g/mol. The quantitative estimate of drug-likeness (QED) is 0.874. The lowest BCUT2D eigenvalue weighted by atomic mass is 9.79. The highest BCUT2D eigenvalue weighted by atomic mass is 19.1. The van der Waals surface area contributed by atoms with E-state index in [0.717, 1.165) is 19.3 Å². The summed E-state index contributed by atoms with van der Waals surface area (Å²) in [6.45, 7) is 4.45. The van der Waals surface area contributed by atoms with Crippen LogP contribution in [0.1, 0.15) is 43.5 Å². The number of carboxylic acids is 1. The minimum atomic E-state index is -1.03. The molecule has 104 valence electrons. The summed E-state index contributed by atoms with van der Waals surface area (Å²) in [6.07, 6.45) is 3.12. The van der Waals surface area contributed by atoms with E-state index in [-0.39, 0.29) is 11.6 Å². The van der Waals surface area contributed by atoms with Crippen molar-refractivity contribution in [1.82, 2.24) is 0 Å². The van der Waals surface area contributed by atoms with E-state index in [4.69, 9.17) is 5.11 Å². The standard InChI is InChI=1S/C15H20FNO2/c1-9-3-5-12(7-10(9)2)17-14-8-11(15(18)19)4-6-13(14)16/h4,6,8-10,12,17H,3,5,7H2,1-2H3,(H,18,19). The Labute approximate surface area is 112 Å². The number of hydrogen-bond acceptors (Lipinski definition) is 2. The summed E-state index contributed by atoms with van der Waals surface area (Å²) in [5.41, 5.74) is 0.410. The normalized spacial score (nSPS) is 27.0.